The number of aromatic nitrogens is 1. The highest BCUT2D eigenvalue weighted by Crippen LogP contribution is 2.52. The maximum atomic E-state index is 12.7. The third-order valence-corrected chi connectivity index (χ3v) is 8.46. The van der Waals surface area contributed by atoms with Gasteiger partial charge < -0.3 is 10.0 Å². The summed E-state index contributed by atoms with van der Waals surface area (Å²) in [5.74, 6) is 1.54. The number of aliphatic hydroxyl groups excluding tert-OH is 1. The summed E-state index contributed by atoms with van der Waals surface area (Å²) in [7, 11) is -3.69. The summed E-state index contributed by atoms with van der Waals surface area (Å²) in [6.45, 7) is 9.76. The molecule has 1 saturated heterocycles. The van der Waals surface area contributed by atoms with Gasteiger partial charge in [0.25, 0.3) is 0 Å². The summed E-state index contributed by atoms with van der Waals surface area (Å²) in [4.78, 5) is 6.94. The van der Waals surface area contributed by atoms with E-state index in [0.29, 0.717) is 16.9 Å². The molecule has 6 nitrogen and oxygen atoms in total. The monoisotopic (exact) mass is 445 g/mol. The zero-order valence-electron chi connectivity index (χ0n) is 15.8. The van der Waals surface area contributed by atoms with Crippen LogP contribution in [-0.2, 0) is 10.0 Å². The Morgan fingerprint density at radius 3 is 2.69 bits per heavy atom. The molecule has 2 unspecified atom stereocenters. The molecule has 0 amide bonds. The van der Waals surface area contributed by atoms with Gasteiger partial charge in [-0.2, -0.15) is 0 Å². The first kappa shape index (κ1) is 20.0. The molecular weight excluding hydrogens is 418 g/mol. The van der Waals surface area contributed by atoms with Crippen LogP contribution in [0.15, 0.2) is 15.6 Å². The largest absolute Gasteiger partial charge is 0.396 e. The average Bonchev–Trinajstić information content (AvgIpc) is 2.80. The van der Waals surface area contributed by atoms with Crippen LogP contribution in [0.25, 0.3) is 0 Å². The molecule has 0 radical (unpaired) electrons. The highest BCUT2D eigenvalue weighted by Gasteiger charge is 2.50. The average molecular weight is 446 g/mol. The van der Waals surface area contributed by atoms with Gasteiger partial charge in [-0.15, -0.1) is 0 Å². The Labute approximate surface area is 164 Å². The number of rotatable bonds is 6. The summed E-state index contributed by atoms with van der Waals surface area (Å²) >= 11 is 3.58. The van der Waals surface area contributed by atoms with Crippen LogP contribution in [0.1, 0.15) is 39.2 Å². The number of fused-ring (bicyclic) bond motifs is 1. The molecule has 2 atom stereocenters. The van der Waals surface area contributed by atoms with Crippen LogP contribution in [0, 0.1) is 23.7 Å². The van der Waals surface area contributed by atoms with Crippen LogP contribution in [0.5, 0.6) is 0 Å². The molecule has 146 valence electrons. The fourth-order valence-electron chi connectivity index (χ4n) is 3.75. The molecule has 3 rings (SSSR count). The second-order valence-corrected chi connectivity index (χ2v) is 11.3. The number of nitrogens with zero attached hydrogens (tertiary/aromatic N) is 2. The van der Waals surface area contributed by atoms with Crippen molar-refractivity contribution in [3.05, 3.63) is 16.2 Å². The molecule has 1 aliphatic carbocycles. The molecule has 1 saturated carbocycles. The number of anilines is 1. The zero-order valence-corrected chi connectivity index (χ0v) is 18.2. The number of pyridine rings is 1. The van der Waals surface area contributed by atoms with Crippen molar-refractivity contribution in [3.63, 3.8) is 0 Å². The molecule has 2 heterocycles. The molecule has 1 aromatic heterocycles. The van der Waals surface area contributed by atoms with Crippen molar-refractivity contribution in [2.75, 3.05) is 31.1 Å². The van der Waals surface area contributed by atoms with Crippen LogP contribution in [0.2, 0.25) is 0 Å². The van der Waals surface area contributed by atoms with Gasteiger partial charge in [0.15, 0.2) is 0 Å². The van der Waals surface area contributed by atoms with E-state index in [1.54, 1.807) is 6.92 Å². The van der Waals surface area contributed by atoms with Crippen molar-refractivity contribution >= 4 is 31.8 Å². The summed E-state index contributed by atoms with van der Waals surface area (Å²) in [6, 6.07) is 0. The number of aliphatic hydroxyl groups is 1. The fourth-order valence-corrected chi connectivity index (χ4v) is 5.88. The van der Waals surface area contributed by atoms with Gasteiger partial charge in [0.1, 0.15) is 10.7 Å². The molecule has 0 aromatic carbocycles. The van der Waals surface area contributed by atoms with Crippen molar-refractivity contribution in [1.82, 2.24) is 9.71 Å². The summed E-state index contributed by atoms with van der Waals surface area (Å²) in [5.41, 5.74) is 0.515. The molecule has 0 spiro atoms. The highest BCUT2D eigenvalue weighted by molar-refractivity contribution is 9.10. The second kappa shape index (κ2) is 6.72. The van der Waals surface area contributed by atoms with Crippen LogP contribution in [-0.4, -0.2) is 44.7 Å². The Kier molecular flexibility index (Phi) is 5.18. The third kappa shape index (κ3) is 3.53. The first-order chi connectivity index (χ1) is 12.0. The molecule has 2 aliphatic rings. The van der Waals surface area contributed by atoms with Crippen molar-refractivity contribution in [1.29, 1.82) is 0 Å². The zero-order chi connectivity index (χ0) is 19.3. The van der Waals surface area contributed by atoms with Crippen molar-refractivity contribution in [3.8, 4) is 0 Å². The van der Waals surface area contributed by atoms with E-state index in [9.17, 15) is 13.5 Å². The predicted molar refractivity (Wildman–Crippen MR) is 106 cm³/mol. The first-order valence-corrected chi connectivity index (χ1v) is 11.3. The van der Waals surface area contributed by atoms with Gasteiger partial charge in [-0.05, 0) is 52.6 Å². The predicted octanol–water partition coefficient (Wildman–Crippen LogP) is 2.69. The smallest absolute Gasteiger partial charge is 0.242 e. The van der Waals surface area contributed by atoms with Crippen molar-refractivity contribution in [2.24, 2.45) is 16.7 Å². The second-order valence-electron chi connectivity index (χ2n) is 8.80. The van der Waals surface area contributed by atoms with Crippen LogP contribution in [0.4, 0.5) is 5.82 Å². The molecule has 8 heteroatoms. The molecule has 26 heavy (non-hydrogen) atoms. The lowest BCUT2D eigenvalue weighted by molar-refractivity contribution is 0.111. The fraction of sp³-hybridized carbons (Fsp3) is 0.722. The van der Waals surface area contributed by atoms with Gasteiger partial charge in [-0.25, -0.2) is 18.1 Å². The van der Waals surface area contributed by atoms with E-state index in [-0.39, 0.29) is 18.0 Å². The standard InChI is InChI=1S/C18H28BrN3O3S/c1-12-14(26(24,25)21-9-17(2,3)11-23)7-20-16(15(12)19)22-8-13-5-6-18(13,4)10-22/h7,13,21,23H,5-6,8-11H2,1-4H3. The van der Waals surface area contributed by atoms with Crippen LogP contribution >= 0.6 is 15.9 Å². The number of hydrogen-bond acceptors (Lipinski definition) is 5. The SMILES string of the molecule is Cc1c(S(=O)(=O)NCC(C)(C)CO)cnc(N2CC3CCC3(C)C2)c1Br. The summed E-state index contributed by atoms with van der Waals surface area (Å²) in [5, 5.41) is 9.33. The van der Waals surface area contributed by atoms with E-state index in [1.807, 2.05) is 13.8 Å². The maximum absolute atomic E-state index is 12.7. The van der Waals surface area contributed by atoms with Crippen LogP contribution in [0.3, 0.4) is 0 Å². The Morgan fingerprint density at radius 1 is 1.50 bits per heavy atom. The van der Waals surface area contributed by atoms with E-state index in [0.717, 1.165) is 23.4 Å². The van der Waals surface area contributed by atoms with Gasteiger partial charge in [-0.1, -0.05) is 20.8 Å². The first-order valence-electron chi connectivity index (χ1n) is 9.00. The van der Waals surface area contributed by atoms with Gasteiger partial charge in [-0.3, -0.25) is 0 Å². The van der Waals surface area contributed by atoms with Crippen LogP contribution < -0.4 is 9.62 Å². The lowest BCUT2D eigenvalue weighted by atomic mass is 9.64. The Bertz CT molecular complexity index is 812. The molecular formula is C18H28BrN3O3S. The Hall–Kier alpha value is -0.700. The topological polar surface area (TPSA) is 82.5 Å². The van der Waals surface area contributed by atoms with Crippen molar-refractivity contribution < 1.29 is 13.5 Å². The van der Waals surface area contributed by atoms with E-state index in [4.69, 9.17) is 0 Å². The minimum atomic E-state index is -3.69. The Balaban J connectivity index is 1.83. The molecule has 0 bridgehead atoms. The Morgan fingerprint density at radius 2 is 2.19 bits per heavy atom. The number of hydrogen-bond donors (Lipinski definition) is 2. The molecule has 1 aliphatic heterocycles. The lowest BCUT2D eigenvalue weighted by Gasteiger charge is -2.40. The number of nitrogens with one attached hydrogen (secondary N) is 1. The molecule has 1 aromatic rings. The highest BCUT2D eigenvalue weighted by atomic mass is 79.9. The normalized spacial score (nSPS) is 25.9. The summed E-state index contributed by atoms with van der Waals surface area (Å²) < 4.78 is 28.7. The van der Waals surface area contributed by atoms with Crippen molar-refractivity contribution in [2.45, 2.75) is 45.4 Å². The van der Waals surface area contributed by atoms with Gasteiger partial charge in [0, 0.05) is 37.9 Å². The van der Waals surface area contributed by atoms with E-state index >= 15 is 0 Å². The van der Waals surface area contributed by atoms with Gasteiger partial charge >= 0.3 is 0 Å². The van der Waals surface area contributed by atoms with Gasteiger partial charge in [0.05, 0.1) is 4.47 Å². The van der Waals surface area contributed by atoms with E-state index in [1.165, 1.54) is 19.0 Å². The lowest BCUT2D eigenvalue weighted by Crippen LogP contribution is -2.36. The minimum Gasteiger partial charge on any atom is -0.396 e. The number of halogens is 1. The quantitative estimate of drug-likeness (QED) is 0.702. The minimum absolute atomic E-state index is 0.0930. The summed E-state index contributed by atoms with van der Waals surface area (Å²) in [6.07, 6.45) is 3.97. The van der Waals surface area contributed by atoms with Gasteiger partial charge in [0.2, 0.25) is 10.0 Å². The molecule has 2 fully saturated rings. The number of sulfonamides is 1. The third-order valence-electron chi connectivity index (χ3n) is 6.00. The molecule has 2 N–H and O–H groups in total. The maximum Gasteiger partial charge on any atom is 0.242 e. The van der Waals surface area contributed by atoms with E-state index < -0.39 is 15.4 Å². The van der Waals surface area contributed by atoms with E-state index in [2.05, 4.69) is 37.5 Å².